The number of nitrogens with zero attached hydrogens (tertiary/aromatic N) is 2. The Balaban J connectivity index is 1.76. The molecule has 2 unspecified atom stereocenters. The molecule has 2 aromatic rings. The van der Waals surface area contributed by atoms with Crippen molar-refractivity contribution in [3.05, 3.63) is 68.7 Å². The Morgan fingerprint density at radius 2 is 1.79 bits per heavy atom. The van der Waals surface area contributed by atoms with Crippen molar-refractivity contribution >= 4 is 15.6 Å². The first-order chi connectivity index (χ1) is 15.8. The lowest BCUT2D eigenvalue weighted by molar-refractivity contribution is -0.0548. The van der Waals surface area contributed by atoms with Crippen molar-refractivity contribution in [3.8, 4) is 0 Å². The van der Waals surface area contributed by atoms with Crippen LogP contribution in [-0.2, 0) is 35.7 Å². The fourth-order valence-corrected chi connectivity index (χ4v) is 4.89. The van der Waals surface area contributed by atoms with E-state index in [1.165, 1.54) is 18.2 Å². The Kier molecular flexibility index (Phi) is 8.05. The van der Waals surface area contributed by atoms with Crippen molar-refractivity contribution in [1.29, 1.82) is 0 Å². The van der Waals surface area contributed by atoms with Crippen LogP contribution >= 0.6 is 15.6 Å². The normalized spacial score (nSPS) is 24.8. The van der Waals surface area contributed by atoms with Gasteiger partial charge in [-0.2, -0.15) is 4.31 Å². The van der Waals surface area contributed by atoms with Crippen LogP contribution in [-0.4, -0.2) is 58.9 Å². The van der Waals surface area contributed by atoms with E-state index >= 15 is 0 Å². The highest BCUT2D eigenvalue weighted by Crippen LogP contribution is 2.57. The van der Waals surface area contributed by atoms with E-state index in [4.69, 9.17) is 14.5 Å². The molecule has 2 heterocycles. The van der Waals surface area contributed by atoms with Gasteiger partial charge >= 0.3 is 21.3 Å². The Morgan fingerprint density at radius 3 is 2.44 bits per heavy atom. The standard InChI is InChI=1S/C17H21FN2O12P2/c18-11-3-1-2-10(8-11)4-6-19-13(21)5-7-20(17(19)24)16-15(23)14(22)12(31-16)9-30-34(28,29)32-33(25,26)27/h1-3,5,7-8,12,14-16,22-23H,4,6,9H2,(H,28,29)(H2,25,26,27)/t12-,14+,15?,16-/m1/s1. The number of halogens is 1. The largest absolute Gasteiger partial charge is 0.481 e. The molecule has 0 radical (unpaired) electrons. The van der Waals surface area contributed by atoms with Crippen LogP contribution < -0.4 is 11.2 Å². The molecule has 0 aliphatic carbocycles. The summed E-state index contributed by atoms with van der Waals surface area (Å²) in [5, 5.41) is 20.5. The van der Waals surface area contributed by atoms with Gasteiger partial charge in [-0.05, 0) is 24.1 Å². The number of aromatic nitrogens is 2. The Labute approximate surface area is 190 Å². The number of hydrogen-bond acceptors (Lipinski definition) is 9. The third kappa shape index (κ3) is 6.55. The monoisotopic (exact) mass is 526 g/mol. The summed E-state index contributed by atoms with van der Waals surface area (Å²) >= 11 is 0. The van der Waals surface area contributed by atoms with E-state index in [1.807, 2.05) is 0 Å². The molecule has 1 saturated heterocycles. The second-order valence-corrected chi connectivity index (χ2v) is 10.1. The molecule has 14 nitrogen and oxygen atoms in total. The average Bonchev–Trinajstić information content (AvgIpc) is 2.99. The highest BCUT2D eigenvalue weighted by molar-refractivity contribution is 7.60. The summed E-state index contributed by atoms with van der Waals surface area (Å²) in [5.41, 5.74) is -1.07. The molecular weight excluding hydrogens is 505 g/mol. The summed E-state index contributed by atoms with van der Waals surface area (Å²) in [6.45, 7) is -1.08. The van der Waals surface area contributed by atoms with Gasteiger partial charge in [0.1, 0.15) is 24.1 Å². The van der Waals surface area contributed by atoms with Crippen LogP contribution in [0.25, 0.3) is 0 Å². The van der Waals surface area contributed by atoms with E-state index in [2.05, 4.69) is 8.83 Å². The van der Waals surface area contributed by atoms with E-state index in [-0.39, 0.29) is 13.0 Å². The summed E-state index contributed by atoms with van der Waals surface area (Å²) < 4.78 is 50.6. The van der Waals surface area contributed by atoms with Crippen molar-refractivity contribution in [2.45, 2.75) is 37.5 Å². The summed E-state index contributed by atoms with van der Waals surface area (Å²) in [6, 6.07) is 6.57. The molecule has 1 aliphatic heterocycles. The van der Waals surface area contributed by atoms with E-state index in [0.29, 0.717) is 5.56 Å². The lowest BCUT2D eigenvalue weighted by Gasteiger charge is -2.19. The van der Waals surface area contributed by atoms with Crippen molar-refractivity contribution in [3.63, 3.8) is 0 Å². The van der Waals surface area contributed by atoms with Gasteiger partial charge in [0.2, 0.25) is 0 Å². The SMILES string of the molecule is O=c1ccn([C@@H]2O[C@H](COP(=O)(O)OP(=O)(O)O)[C@H](O)C2O)c(=O)n1CCc1cccc(F)c1. The maximum atomic E-state index is 13.4. The summed E-state index contributed by atoms with van der Waals surface area (Å²) in [7, 11) is -10.6. The molecule has 1 fully saturated rings. The molecule has 0 saturated carbocycles. The molecule has 0 amide bonds. The minimum absolute atomic E-state index is 0.132. The van der Waals surface area contributed by atoms with Gasteiger partial charge in [0, 0.05) is 18.8 Å². The van der Waals surface area contributed by atoms with Crippen molar-refractivity contribution < 1.29 is 52.0 Å². The summed E-state index contributed by atoms with van der Waals surface area (Å²) in [4.78, 5) is 51.6. The second-order valence-electron chi connectivity index (χ2n) is 7.26. The number of benzene rings is 1. The van der Waals surface area contributed by atoms with Gasteiger partial charge in [-0.15, -0.1) is 0 Å². The van der Waals surface area contributed by atoms with Gasteiger partial charge < -0.3 is 29.6 Å². The van der Waals surface area contributed by atoms with Crippen LogP contribution in [0.2, 0.25) is 0 Å². The molecule has 5 atom stereocenters. The molecular formula is C17H21FN2O12P2. The molecule has 1 aromatic heterocycles. The van der Waals surface area contributed by atoms with Crippen LogP contribution in [0.4, 0.5) is 4.39 Å². The second kappa shape index (κ2) is 10.3. The minimum atomic E-state index is -5.37. The average molecular weight is 526 g/mol. The van der Waals surface area contributed by atoms with Gasteiger partial charge in [0.15, 0.2) is 6.23 Å². The predicted octanol–water partition coefficient (Wildman–Crippen LogP) is -0.763. The highest BCUT2D eigenvalue weighted by atomic mass is 31.3. The van der Waals surface area contributed by atoms with Gasteiger partial charge in [-0.1, -0.05) is 12.1 Å². The number of ether oxygens (including phenoxy) is 1. The topological polar surface area (TPSA) is 207 Å². The van der Waals surface area contributed by atoms with E-state index < -0.39 is 63.9 Å². The van der Waals surface area contributed by atoms with Crippen molar-refractivity contribution in [2.24, 2.45) is 0 Å². The van der Waals surface area contributed by atoms with Gasteiger partial charge in [0.05, 0.1) is 6.61 Å². The van der Waals surface area contributed by atoms with Gasteiger partial charge in [0.25, 0.3) is 5.56 Å². The summed E-state index contributed by atoms with van der Waals surface area (Å²) in [6.07, 6.45) is -5.41. The zero-order valence-corrected chi connectivity index (χ0v) is 18.9. The molecule has 0 spiro atoms. The number of aliphatic hydroxyl groups is 2. The van der Waals surface area contributed by atoms with Crippen LogP contribution in [0.5, 0.6) is 0 Å². The molecule has 0 bridgehead atoms. The van der Waals surface area contributed by atoms with Gasteiger partial charge in [-0.25, -0.2) is 18.3 Å². The zero-order valence-electron chi connectivity index (χ0n) is 17.2. The lowest BCUT2D eigenvalue weighted by Crippen LogP contribution is -2.43. The number of hydrogen-bond donors (Lipinski definition) is 5. The number of aliphatic hydroxyl groups excluding tert-OH is 2. The van der Waals surface area contributed by atoms with Crippen LogP contribution in [0.15, 0.2) is 46.1 Å². The third-order valence-electron chi connectivity index (χ3n) is 4.83. The molecule has 34 heavy (non-hydrogen) atoms. The molecule has 1 aliphatic rings. The molecule has 5 N–H and O–H groups in total. The van der Waals surface area contributed by atoms with Crippen LogP contribution in [0, 0.1) is 5.82 Å². The van der Waals surface area contributed by atoms with Crippen LogP contribution in [0.1, 0.15) is 11.8 Å². The fraction of sp³-hybridized carbons (Fsp3) is 0.412. The molecule has 3 rings (SSSR count). The predicted molar refractivity (Wildman–Crippen MR) is 110 cm³/mol. The smallest absolute Gasteiger partial charge is 0.387 e. The van der Waals surface area contributed by atoms with Gasteiger partial charge in [-0.3, -0.25) is 18.5 Å². The van der Waals surface area contributed by atoms with Crippen molar-refractivity contribution in [1.82, 2.24) is 9.13 Å². The number of phosphoric acid groups is 2. The number of aryl methyl sites for hydroxylation is 1. The maximum absolute atomic E-state index is 13.4. The summed E-state index contributed by atoms with van der Waals surface area (Å²) in [5.74, 6) is -0.487. The first-order valence-electron chi connectivity index (χ1n) is 9.60. The van der Waals surface area contributed by atoms with Crippen molar-refractivity contribution in [2.75, 3.05) is 6.61 Å². The fourth-order valence-electron chi connectivity index (χ4n) is 3.29. The Hall–Kier alpha value is -2.03. The lowest BCUT2D eigenvalue weighted by atomic mass is 10.1. The van der Waals surface area contributed by atoms with Crippen LogP contribution in [0.3, 0.4) is 0 Å². The first-order valence-corrected chi connectivity index (χ1v) is 12.6. The quantitative estimate of drug-likeness (QED) is 0.256. The third-order valence-corrected chi connectivity index (χ3v) is 6.98. The van der Waals surface area contributed by atoms with E-state index in [9.17, 15) is 38.2 Å². The minimum Gasteiger partial charge on any atom is -0.387 e. The maximum Gasteiger partial charge on any atom is 0.481 e. The van der Waals surface area contributed by atoms with E-state index in [0.717, 1.165) is 21.4 Å². The van der Waals surface area contributed by atoms with E-state index in [1.54, 1.807) is 6.07 Å². The number of phosphoric ester groups is 1. The first kappa shape index (κ1) is 26.6. The molecule has 17 heteroatoms. The molecule has 1 aromatic carbocycles. The Morgan fingerprint density at radius 1 is 1.09 bits per heavy atom. The zero-order chi connectivity index (χ0) is 25.3. The number of rotatable bonds is 9. The highest BCUT2D eigenvalue weighted by Gasteiger charge is 2.45. The Bertz CT molecular complexity index is 1240. The molecule has 188 valence electrons.